The van der Waals surface area contributed by atoms with Gasteiger partial charge in [0.1, 0.15) is 5.76 Å². The Kier molecular flexibility index (Phi) is 4.13. The van der Waals surface area contributed by atoms with Crippen molar-refractivity contribution in [3.8, 4) is 0 Å². The highest BCUT2D eigenvalue weighted by Gasteiger charge is 2.45. The van der Waals surface area contributed by atoms with Crippen LogP contribution in [-0.4, -0.2) is 24.0 Å². The van der Waals surface area contributed by atoms with Crippen LogP contribution >= 0.6 is 23.5 Å². The van der Waals surface area contributed by atoms with Gasteiger partial charge in [0.15, 0.2) is 5.76 Å². The Labute approximate surface area is 162 Å². The molecule has 2 aliphatic heterocycles. The Morgan fingerprint density at radius 3 is 2.81 bits per heavy atom. The molecule has 3 heterocycles. The van der Waals surface area contributed by atoms with E-state index in [4.69, 9.17) is 4.42 Å². The number of thioether (sulfide) groups is 2. The van der Waals surface area contributed by atoms with Crippen LogP contribution in [0.2, 0.25) is 0 Å². The molecule has 0 radical (unpaired) electrons. The Balaban J connectivity index is 1.56. The first-order chi connectivity index (χ1) is 12.7. The number of furan rings is 1. The lowest BCUT2D eigenvalue weighted by Crippen LogP contribution is -2.35. The molecule has 1 fully saturated rings. The zero-order valence-electron chi connectivity index (χ0n) is 15.0. The molecule has 2 aromatic rings. The van der Waals surface area contributed by atoms with E-state index in [-0.39, 0.29) is 9.99 Å². The van der Waals surface area contributed by atoms with Gasteiger partial charge in [0, 0.05) is 41.3 Å². The Bertz CT molecular complexity index is 867. The lowest BCUT2D eigenvalue weighted by molar-refractivity contribution is 0.0955. The minimum Gasteiger partial charge on any atom is -0.455 e. The number of fused-ring (bicyclic) bond motifs is 3. The Morgan fingerprint density at radius 2 is 1.96 bits per heavy atom. The van der Waals surface area contributed by atoms with Crippen molar-refractivity contribution < 1.29 is 9.21 Å². The standard InChI is InChI=1S/C21H23NO2S2/c1-14-18-17(9-4-10-21(18)25-12-13-26-21)24-19(14)20(23)22-11-5-7-15-6-2-3-8-16(15)22/h2-3,6,8H,4-5,7,9-13H2,1H3. The minimum absolute atomic E-state index is 0.0344. The highest BCUT2D eigenvalue weighted by Crippen LogP contribution is 2.59. The summed E-state index contributed by atoms with van der Waals surface area (Å²) in [6.45, 7) is 2.87. The van der Waals surface area contributed by atoms with Gasteiger partial charge in [-0.05, 0) is 44.2 Å². The fourth-order valence-corrected chi connectivity index (χ4v) is 8.23. The molecule has 1 saturated heterocycles. The molecule has 26 heavy (non-hydrogen) atoms. The molecule has 5 rings (SSSR count). The number of para-hydroxylation sites is 1. The average Bonchev–Trinajstić information content (AvgIpc) is 3.26. The summed E-state index contributed by atoms with van der Waals surface area (Å²) in [4.78, 5) is 15.4. The summed E-state index contributed by atoms with van der Waals surface area (Å²) >= 11 is 4.10. The van der Waals surface area contributed by atoms with Crippen molar-refractivity contribution in [2.24, 2.45) is 0 Å². The molecule has 0 unspecified atom stereocenters. The minimum atomic E-state index is 0.0344. The van der Waals surface area contributed by atoms with Crippen molar-refractivity contribution in [3.63, 3.8) is 0 Å². The molecule has 0 bridgehead atoms. The van der Waals surface area contributed by atoms with Crippen molar-refractivity contribution in [3.05, 3.63) is 52.5 Å². The summed E-state index contributed by atoms with van der Waals surface area (Å²) in [6.07, 6.45) is 5.36. The van der Waals surface area contributed by atoms with Crippen LogP contribution in [0.4, 0.5) is 5.69 Å². The van der Waals surface area contributed by atoms with Crippen LogP contribution in [0.15, 0.2) is 28.7 Å². The van der Waals surface area contributed by atoms with Gasteiger partial charge in [0.05, 0.1) is 4.08 Å². The van der Waals surface area contributed by atoms with Crippen LogP contribution in [0.5, 0.6) is 0 Å². The molecule has 3 nitrogen and oxygen atoms in total. The molecule has 1 aliphatic carbocycles. The Morgan fingerprint density at radius 1 is 1.15 bits per heavy atom. The predicted molar refractivity (Wildman–Crippen MR) is 109 cm³/mol. The number of aryl methyl sites for hydroxylation is 2. The molecular formula is C21H23NO2S2. The first kappa shape index (κ1) is 16.8. The SMILES string of the molecule is Cc1c(C(=O)N2CCCc3ccccc32)oc2c1C1(CCC2)SCCS1. The number of carbonyl (C=O) groups is 1. The third kappa shape index (κ3) is 2.47. The maximum Gasteiger partial charge on any atom is 0.294 e. The molecule has 136 valence electrons. The normalized spacial score (nSPS) is 20.9. The summed E-state index contributed by atoms with van der Waals surface area (Å²) in [5.41, 5.74) is 4.72. The predicted octanol–water partition coefficient (Wildman–Crippen LogP) is 5.15. The van der Waals surface area contributed by atoms with Crippen molar-refractivity contribution in [2.75, 3.05) is 23.0 Å². The highest BCUT2D eigenvalue weighted by molar-refractivity contribution is 8.20. The zero-order chi connectivity index (χ0) is 17.7. The van der Waals surface area contributed by atoms with Crippen LogP contribution < -0.4 is 4.90 Å². The summed E-state index contributed by atoms with van der Waals surface area (Å²) in [5.74, 6) is 4.05. The van der Waals surface area contributed by atoms with Crippen molar-refractivity contribution in [1.29, 1.82) is 0 Å². The molecular weight excluding hydrogens is 362 g/mol. The fraction of sp³-hybridized carbons (Fsp3) is 0.476. The van der Waals surface area contributed by atoms with E-state index >= 15 is 0 Å². The second kappa shape index (κ2) is 6.38. The number of nitrogens with zero attached hydrogens (tertiary/aromatic N) is 1. The number of amides is 1. The summed E-state index contributed by atoms with van der Waals surface area (Å²) in [7, 11) is 0. The largest absolute Gasteiger partial charge is 0.455 e. The smallest absolute Gasteiger partial charge is 0.294 e. The van der Waals surface area contributed by atoms with E-state index in [1.165, 1.54) is 29.1 Å². The fourth-order valence-electron chi connectivity index (χ4n) is 4.67. The summed E-state index contributed by atoms with van der Waals surface area (Å²) < 4.78 is 6.36. The number of benzene rings is 1. The van der Waals surface area contributed by atoms with Gasteiger partial charge < -0.3 is 9.32 Å². The molecule has 0 atom stereocenters. The molecule has 1 amide bonds. The molecule has 0 N–H and O–H groups in total. The average molecular weight is 386 g/mol. The maximum atomic E-state index is 13.4. The number of hydrogen-bond acceptors (Lipinski definition) is 4. The number of hydrogen-bond donors (Lipinski definition) is 0. The lowest BCUT2D eigenvalue weighted by atomic mass is 9.93. The van der Waals surface area contributed by atoms with Crippen molar-refractivity contribution in [1.82, 2.24) is 0 Å². The zero-order valence-corrected chi connectivity index (χ0v) is 16.7. The van der Waals surface area contributed by atoms with E-state index in [1.54, 1.807) is 0 Å². The number of rotatable bonds is 1. The number of anilines is 1. The van der Waals surface area contributed by atoms with Crippen LogP contribution in [0.25, 0.3) is 0 Å². The molecule has 1 aromatic heterocycles. The lowest BCUT2D eigenvalue weighted by Gasteiger charge is -2.31. The Hall–Kier alpha value is -1.33. The van der Waals surface area contributed by atoms with Gasteiger partial charge in [-0.1, -0.05) is 18.2 Å². The second-order valence-electron chi connectivity index (χ2n) is 7.35. The molecule has 3 aliphatic rings. The highest BCUT2D eigenvalue weighted by atomic mass is 32.2. The van der Waals surface area contributed by atoms with Gasteiger partial charge >= 0.3 is 0 Å². The van der Waals surface area contributed by atoms with Crippen LogP contribution in [0, 0.1) is 6.92 Å². The summed E-state index contributed by atoms with van der Waals surface area (Å²) in [5, 5.41) is 0. The third-order valence-electron chi connectivity index (χ3n) is 5.81. The molecule has 0 saturated carbocycles. The molecule has 1 aromatic carbocycles. The van der Waals surface area contributed by atoms with Crippen LogP contribution in [0.1, 0.15) is 52.3 Å². The first-order valence-electron chi connectivity index (χ1n) is 9.50. The molecule has 1 spiro atoms. The second-order valence-corrected chi connectivity index (χ2v) is 10.4. The van der Waals surface area contributed by atoms with Crippen LogP contribution in [0.3, 0.4) is 0 Å². The first-order valence-corrected chi connectivity index (χ1v) is 11.5. The third-order valence-corrected chi connectivity index (χ3v) is 9.34. The van der Waals surface area contributed by atoms with Crippen LogP contribution in [-0.2, 0) is 16.9 Å². The monoisotopic (exact) mass is 385 g/mol. The van der Waals surface area contributed by atoms with E-state index in [0.29, 0.717) is 5.76 Å². The van der Waals surface area contributed by atoms with E-state index in [9.17, 15) is 4.79 Å². The van der Waals surface area contributed by atoms with Gasteiger partial charge in [0.25, 0.3) is 5.91 Å². The van der Waals surface area contributed by atoms with E-state index in [0.717, 1.165) is 49.2 Å². The van der Waals surface area contributed by atoms with E-state index < -0.39 is 0 Å². The van der Waals surface area contributed by atoms with Gasteiger partial charge in [-0.2, -0.15) is 0 Å². The van der Waals surface area contributed by atoms with Gasteiger partial charge in [-0.3, -0.25) is 4.79 Å². The van der Waals surface area contributed by atoms with E-state index in [2.05, 4.69) is 25.1 Å². The van der Waals surface area contributed by atoms with Crippen molar-refractivity contribution >= 4 is 35.1 Å². The van der Waals surface area contributed by atoms with E-state index in [1.807, 2.05) is 34.5 Å². The maximum absolute atomic E-state index is 13.4. The quantitative estimate of drug-likeness (QED) is 0.680. The topological polar surface area (TPSA) is 33.5 Å². The van der Waals surface area contributed by atoms with Gasteiger partial charge in [-0.15, -0.1) is 23.5 Å². The van der Waals surface area contributed by atoms with Gasteiger partial charge in [-0.25, -0.2) is 0 Å². The van der Waals surface area contributed by atoms with Gasteiger partial charge in [0.2, 0.25) is 0 Å². The molecule has 5 heteroatoms. The van der Waals surface area contributed by atoms with Crippen molar-refractivity contribution in [2.45, 2.75) is 43.1 Å². The number of carbonyl (C=O) groups excluding carboxylic acids is 1. The summed E-state index contributed by atoms with van der Waals surface area (Å²) in [6, 6.07) is 8.28.